The minimum atomic E-state index is 0.0513. The van der Waals surface area contributed by atoms with Crippen molar-refractivity contribution in [2.45, 2.75) is 6.23 Å². The highest BCUT2D eigenvalue weighted by Crippen LogP contribution is 2.40. The third-order valence-electron chi connectivity index (χ3n) is 2.37. The van der Waals surface area contributed by atoms with Gasteiger partial charge in [-0.15, -0.1) is 0 Å². The fourth-order valence-electron chi connectivity index (χ4n) is 1.57. The summed E-state index contributed by atoms with van der Waals surface area (Å²) in [7, 11) is 0. The Morgan fingerprint density at radius 2 is 1.93 bits per heavy atom. The number of hydroxylamine groups is 1. The van der Waals surface area contributed by atoms with Crippen molar-refractivity contribution in [2.75, 3.05) is 5.06 Å². The van der Waals surface area contributed by atoms with E-state index in [0.717, 1.165) is 5.69 Å². The molecule has 1 aromatic carbocycles. The minimum absolute atomic E-state index is 0.0513. The Kier molecular flexibility index (Phi) is 1.89. The molecule has 2 heterocycles. The standard InChI is InChI=1S/C12H10N2O/c1-2-5-10(6-3-1)12-14(15-12)11-7-4-8-13-9-11/h1-9,12H. The monoisotopic (exact) mass is 198 g/mol. The Bertz CT molecular complexity index is 400. The number of nitrogens with zero attached hydrogens (tertiary/aromatic N) is 2. The van der Waals surface area contributed by atoms with E-state index in [2.05, 4.69) is 17.1 Å². The quantitative estimate of drug-likeness (QED) is 0.694. The van der Waals surface area contributed by atoms with E-state index in [1.54, 1.807) is 12.4 Å². The summed E-state index contributed by atoms with van der Waals surface area (Å²) in [4.78, 5) is 9.53. The molecule has 0 radical (unpaired) electrons. The van der Waals surface area contributed by atoms with Gasteiger partial charge in [-0.25, -0.2) is 9.90 Å². The van der Waals surface area contributed by atoms with Crippen molar-refractivity contribution in [3.63, 3.8) is 0 Å². The summed E-state index contributed by atoms with van der Waals surface area (Å²) in [6.07, 6.45) is 3.60. The summed E-state index contributed by atoms with van der Waals surface area (Å²) in [5, 5.41) is 1.85. The highest BCUT2D eigenvalue weighted by atomic mass is 16.8. The first-order chi connectivity index (χ1) is 7.45. The van der Waals surface area contributed by atoms with E-state index in [4.69, 9.17) is 4.84 Å². The van der Waals surface area contributed by atoms with Crippen molar-refractivity contribution in [2.24, 2.45) is 0 Å². The van der Waals surface area contributed by atoms with E-state index in [1.165, 1.54) is 5.56 Å². The zero-order valence-corrected chi connectivity index (χ0v) is 8.08. The highest BCUT2D eigenvalue weighted by Gasteiger charge is 2.38. The summed E-state index contributed by atoms with van der Waals surface area (Å²) >= 11 is 0. The second-order valence-electron chi connectivity index (χ2n) is 3.41. The molecule has 1 aliphatic rings. The molecule has 0 N–H and O–H groups in total. The highest BCUT2D eigenvalue weighted by molar-refractivity contribution is 5.47. The van der Waals surface area contributed by atoms with Crippen LogP contribution in [0.15, 0.2) is 54.9 Å². The molecule has 1 aliphatic heterocycles. The maximum absolute atomic E-state index is 5.48. The Balaban J connectivity index is 1.81. The lowest BCUT2D eigenvalue weighted by Crippen LogP contribution is -1.93. The smallest absolute Gasteiger partial charge is 0.206 e. The lowest BCUT2D eigenvalue weighted by atomic mass is 10.2. The van der Waals surface area contributed by atoms with Crippen LogP contribution < -0.4 is 5.06 Å². The lowest BCUT2D eigenvalue weighted by Gasteiger charge is -1.98. The van der Waals surface area contributed by atoms with E-state index in [1.807, 2.05) is 35.4 Å². The Morgan fingerprint density at radius 1 is 1.07 bits per heavy atom. The molecule has 3 rings (SSSR count). The molecule has 1 atom stereocenters. The second kappa shape index (κ2) is 3.37. The molecule has 1 unspecified atom stereocenters. The summed E-state index contributed by atoms with van der Waals surface area (Å²) < 4.78 is 0. The summed E-state index contributed by atoms with van der Waals surface area (Å²) in [5.74, 6) is 0. The Labute approximate surface area is 87.9 Å². The fourth-order valence-corrected chi connectivity index (χ4v) is 1.57. The first kappa shape index (κ1) is 8.44. The van der Waals surface area contributed by atoms with Gasteiger partial charge in [-0.3, -0.25) is 4.98 Å². The van der Waals surface area contributed by atoms with E-state index in [0.29, 0.717) is 0 Å². The number of hydrogen-bond acceptors (Lipinski definition) is 3. The van der Waals surface area contributed by atoms with E-state index < -0.39 is 0 Å². The van der Waals surface area contributed by atoms with Crippen LogP contribution in [0.5, 0.6) is 0 Å². The van der Waals surface area contributed by atoms with Crippen LogP contribution in [0.25, 0.3) is 0 Å². The molecule has 0 saturated carbocycles. The molecule has 0 aliphatic carbocycles. The number of pyridine rings is 1. The average molecular weight is 198 g/mol. The lowest BCUT2D eigenvalue weighted by molar-refractivity contribution is 0.401. The summed E-state index contributed by atoms with van der Waals surface area (Å²) in [5.41, 5.74) is 2.16. The predicted molar refractivity (Wildman–Crippen MR) is 57.0 cm³/mol. The second-order valence-corrected chi connectivity index (χ2v) is 3.41. The zero-order chi connectivity index (χ0) is 10.1. The SMILES string of the molecule is c1ccc(C2ON2c2cccnc2)cc1. The van der Waals surface area contributed by atoms with Gasteiger partial charge in [0, 0.05) is 11.8 Å². The zero-order valence-electron chi connectivity index (χ0n) is 8.08. The Hall–Kier alpha value is -1.87. The van der Waals surface area contributed by atoms with Crippen molar-refractivity contribution in [1.29, 1.82) is 0 Å². The van der Waals surface area contributed by atoms with Crippen LogP contribution in [0.3, 0.4) is 0 Å². The molecule has 0 spiro atoms. The Morgan fingerprint density at radius 3 is 2.67 bits per heavy atom. The van der Waals surface area contributed by atoms with Crippen LogP contribution in [0.2, 0.25) is 0 Å². The van der Waals surface area contributed by atoms with Gasteiger partial charge in [-0.2, -0.15) is 0 Å². The summed E-state index contributed by atoms with van der Waals surface area (Å²) in [6.45, 7) is 0. The third-order valence-corrected chi connectivity index (χ3v) is 2.37. The molecule has 1 aromatic heterocycles. The van der Waals surface area contributed by atoms with Gasteiger partial charge in [0.2, 0.25) is 6.23 Å². The number of benzene rings is 1. The van der Waals surface area contributed by atoms with Crippen LogP contribution in [0, 0.1) is 0 Å². The van der Waals surface area contributed by atoms with Crippen molar-refractivity contribution < 1.29 is 4.84 Å². The van der Waals surface area contributed by atoms with Gasteiger partial charge in [0.05, 0.1) is 11.9 Å². The van der Waals surface area contributed by atoms with Crippen LogP contribution in [-0.4, -0.2) is 4.98 Å². The maximum atomic E-state index is 5.48. The maximum Gasteiger partial charge on any atom is 0.206 e. The number of aromatic nitrogens is 1. The van der Waals surface area contributed by atoms with Crippen molar-refractivity contribution in [3.05, 3.63) is 60.4 Å². The molecule has 0 bridgehead atoms. The van der Waals surface area contributed by atoms with Gasteiger partial charge in [-0.05, 0) is 12.1 Å². The van der Waals surface area contributed by atoms with Gasteiger partial charge >= 0.3 is 0 Å². The van der Waals surface area contributed by atoms with Crippen LogP contribution in [-0.2, 0) is 4.84 Å². The van der Waals surface area contributed by atoms with E-state index in [9.17, 15) is 0 Å². The molecule has 1 fully saturated rings. The molecule has 15 heavy (non-hydrogen) atoms. The summed E-state index contributed by atoms with van der Waals surface area (Å²) in [6, 6.07) is 14.0. The topological polar surface area (TPSA) is 28.4 Å². The molecular formula is C12H10N2O. The largest absolute Gasteiger partial charge is 0.262 e. The normalized spacial score (nSPS) is 18.9. The van der Waals surface area contributed by atoms with Gasteiger partial charge in [0.25, 0.3) is 0 Å². The molecule has 3 heteroatoms. The number of hydrogen-bond donors (Lipinski definition) is 0. The minimum Gasteiger partial charge on any atom is -0.262 e. The number of anilines is 1. The van der Waals surface area contributed by atoms with Crippen molar-refractivity contribution in [3.8, 4) is 0 Å². The van der Waals surface area contributed by atoms with Crippen molar-refractivity contribution in [1.82, 2.24) is 4.98 Å². The first-order valence-electron chi connectivity index (χ1n) is 4.86. The van der Waals surface area contributed by atoms with E-state index in [-0.39, 0.29) is 6.23 Å². The van der Waals surface area contributed by atoms with Gasteiger partial charge in [-0.1, -0.05) is 30.3 Å². The molecule has 74 valence electrons. The van der Waals surface area contributed by atoms with Crippen molar-refractivity contribution >= 4 is 5.69 Å². The molecule has 1 saturated heterocycles. The van der Waals surface area contributed by atoms with E-state index >= 15 is 0 Å². The molecule has 3 nitrogen and oxygen atoms in total. The molecule has 0 amide bonds. The molecule has 2 aromatic rings. The number of rotatable bonds is 2. The van der Waals surface area contributed by atoms with Crippen LogP contribution >= 0.6 is 0 Å². The van der Waals surface area contributed by atoms with Gasteiger partial charge in [0.1, 0.15) is 0 Å². The third kappa shape index (κ3) is 1.57. The first-order valence-corrected chi connectivity index (χ1v) is 4.86. The predicted octanol–water partition coefficient (Wildman–Crippen LogP) is 2.53. The van der Waals surface area contributed by atoms with Gasteiger partial charge < -0.3 is 0 Å². The van der Waals surface area contributed by atoms with Gasteiger partial charge in [0.15, 0.2) is 0 Å². The fraction of sp³-hybridized carbons (Fsp3) is 0.0833. The average Bonchev–Trinajstić information content (AvgIpc) is 3.11. The van der Waals surface area contributed by atoms with Crippen LogP contribution in [0.1, 0.15) is 11.8 Å². The van der Waals surface area contributed by atoms with Crippen LogP contribution in [0.4, 0.5) is 5.69 Å². The molecular weight excluding hydrogens is 188 g/mol.